The van der Waals surface area contributed by atoms with Gasteiger partial charge in [-0.05, 0) is 80.6 Å². The molecule has 0 saturated carbocycles. The lowest BCUT2D eigenvalue weighted by Gasteiger charge is -2.43. The van der Waals surface area contributed by atoms with Gasteiger partial charge in [0.2, 0.25) is 23.6 Å². The van der Waals surface area contributed by atoms with Crippen molar-refractivity contribution in [2.45, 2.75) is 100 Å². The zero-order valence-corrected chi connectivity index (χ0v) is 44.1. The minimum Gasteiger partial charge on any atom is -0.481 e. The second-order valence-corrected chi connectivity index (χ2v) is 19.2. The van der Waals surface area contributed by atoms with E-state index >= 15 is 0 Å². The number of rotatable bonds is 18. The van der Waals surface area contributed by atoms with Crippen molar-refractivity contribution in [2.75, 3.05) is 40.5 Å². The van der Waals surface area contributed by atoms with Crippen LogP contribution in [0.2, 0.25) is 10.0 Å². The van der Waals surface area contributed by atoms with Crippen molar-refractivity contribution in [2.24, 2.45) is 0 Å². The Morgan fingerprint density at radius 1 is 0.633 bits per heavy atom. The van der Waals surface area contributed by atoms with E-state index in [9.17, 15) is 72.5 Å². The Bertz CT molecular complexity index is 2900. The van der Waals surface area contributed by atoms with Crippen LogP contribution in [0.4, 0.5) is 4.79 Å². The van der Waals surface area contributed by atoms with Crippen molar-refractivity contribution in [3.8, 4) is 0 Å². The standard InChI is InChI=1S/C27H30N4O8.C24H26Cl2N4O10/c1-28-19-10-11-23(33)30-12-4-7-21(31(30)26(19)37)25(36)29-20(14-24(34)35)22(32)15-39-27(38)18-9-8-16-5-2-3-6-17(16)13-18;1-39-24(38)28-14-7-8-18(32)29-9-3-6-16(30(29)22(14)36)21(35)27-15(10-19(33)34)17(31)11-40-23(37)20-12(25)4-2-5-13(20)26/h2-3,5-6,8-9,13,19-21,28H,4,7,10-12,14-15H2,1H3,(H,29,36)(H,34,35);2,4-5,14-16H,3,6-11H2,1H3,(H,27,35)(H,28,38)(H,33,34)/t19-,20-,21-;14-,15-,16-/m00/s1. The van der Waals surface area contributed by atoms with Crippen molar-refractivity contribution in [1.29, 1.82) is 0 Å². The van der Waals surface area contributed by atoms with Gasteiger partial charge in [0, 0.05) is 25.9 Å². The summed E-state index contributed by atoms with van der Waals surface area (Å²) in [5.41, 5.74) is 0.0188. The number of likely N-dealkylation sites (N-methyl/N-ethyl adjacent to an activating group) is 1. The van der Waals surface area contributed by atoms with Crippen molar-refractivity contribution < 1.29 is 86.8 Å². The number of nitrogens with zero attached hydrogens (tertiary/aromatic N) is 4. The highest BCUT2D eigenvalue weighted by molar-refractivity contribution is 6.39. The minimum absolute atomic E-state index is 0.0288. The summed E-state index contributed by atoms with van der Waals surface area (Å²) in [6.07, 6.45) is -1.15. The molecule has 3 aromatic carbocycles. The number of hydrazine groups is 2. The summed E-state index contributed by atoms with van der Waals surface area (Å²) in [7, 11) is 2.69. The number of fused-ring (bicyclic) bond motifs is 3. The SMILES string of the molecule is CN[C@H]1CCC(=O)N2CCC[C@@H](C(=O)N[C@@H](CC(=O)O)C(=O)COC(=O)c3ccc4ccccc4c3)N2C1=O.COC(=O)N[C@H]1CCC(=O)N2CCC[C@@H](C(=O)N[C@@H](CC(=O)O)C(=O)COC(=O)c3c(Cl)cccc3Cl)N2C1=O. The van der Waals surface area contributed by atoms with Gasteiger partial charge in [0.05, 0.1) is 47.2 Å². The molecule has 4 saturated heterocycles. The number of methoxy groups -OCH3 is 1. The molecule has 0 aromatic heterocycles. The van der Waals surface area contributed by atoms with Gasteiger partial charge in [-0.25, -0.2) is 24.4 Å². The Hall–Kier alpha value is -8.23. The molecule has 4 aliphatic heterocycles. The van der Waals surface area contributed by atoms with Gasteiger partial charge in [0.15, 0.2) is 24.8 Å². The molecular weight excluding hydrogens is 1080 g/mol. The van der Waals surface area contributed by atoms with E-state index in [4.69, 9.17) is 32.7 Å². The van der Waals surface area contributed by atoms with Crippen LogP contribution in [0.1, 0.15) is 84.9 Å². The van der Waals surface area contributed by atoms with Crippen molar-refractivity contribution >= 4 is 111 Å². The monoisotopic (exact) mass is 1140 g/mol. The molecule has 4 aliphatic rings. The third-order valence-electron chi connectivity index (χ3n) is 13.2. The molecule has 6 atom stereocenters. The molecule has 4 heterocycles. The molecule has 0 aliphatic carbocycles. The van der Waals surface area contributed by atoms with Gasteiger partial charge < -0.3 is 45.7 Å². The van der Waals surface area contributed by atoms with Gasteiger partial charge in [0.25, 0.3) is 11.8 Å². The second-order valence-electron chi connectivity index (χ2n) is 18.4. The topological polar surface area (TPSA) is 351 Å². The van der Waals surface area contributed by atoms with Crippen LogP contribution in [0.25, 0.3) is 10.8 Å². The average molecular weight is 1140 g/mol. The van der Waals surface area contributed by atoms with Crippen LogP contribution in [0.3, 0.4) is 0 Å². The lowest BCUT2D eigenvalue weighted by atomic mass is 10.0. The van der Waals surface area contributed by atoms with E-state index in [1.165, 1.54) is 23.2 Å². The number of ether oxygens (including phenoxy) is 3. The number of aliphatic carboxylic acids is 2. The van der Waals surface area contributed by atoms with Crippen molar-refractivity contribution in [3.05, 3.63) is 81.8 Å². The molecule has 0 bridgehead atoms. The zero-order valence-electron chi connectivity index (χ0n) is 42.6. The molecular formula is C51H56Cl2N8O18. The quantitative estimate of drug-likeness (QED) is 0.0778. The maximum Gasteiger partial charge on any atom is 0.407 e. The summed E-state index contributed by atoms with van der Waals surface area (Å²) in [5, 5.41) is 34.7. The van der Waals surface area contributed by atoms with E-state index in [0.717, 1.165) is 32.9 Å². The van der Waals surface area contributed by atoms with E-state index in [-0.39, 0.29) is 78.7 Å². The molecule has 0 radical (unpaired) electrons. The maximum atomic E-state index is 13.3. The van der Waals surface area contributed by atoms with E-state index in [1.54, 1.807) is 25.2 Å². The van der Waals surface area contributed by atoms with Gasteiger partial charge in [-0.1, -0.05) is 59.6 Å². The molecule has 28 heteroatoms. The predicted octanol–water partition coefficient (Wildman–Crippen LogP) is 1.57. The lowest BCUT2D eigenvalue weighted by Crippen LogP contribution is -2.64. The number of benzene rings is 3. The molecule has 0 spiro atoms. The summed E-state index contributed by atoms with van der Waals surface area (Å²) in [5.74, 6) is -10.00. The number of halogens is 2. The first-order valence-electron chi connectivity index (χ1n) is 24.8. The van der Waals surface area contributed by atoms with Gasteiger partial charge in [-0.15, -0.1) is 0 Å². The summed E-state index contributed by atoms with van der Waals surface area (Å²) in [4.78, 5) is 164. The number of carboxylic acids is 2. The smallest absolute Gasteiger partial charge is 0.407 e. The first-order chi connectivity index (χ1) is 37.6. The number of hydrogen-bond acceptors (Lipinski definition) is 17. The predicted molar refractivity (Wildman–Crippen MR) is 273 cm³/mol. The van der Waals surface area contributed by atoms with Crippen LogP contribution in [-0.2, 0) is 62.2 Å². The summed E-state index contributed by atoms with van der Waals surface area (Å²) >= 11 is 11.9. The lowest BCUT2D eigenvalue weighted by molar-refractivity contribution is -0.176. The van der Waals surface area contributed by atoms with Gasteiger partial charge in [-0.3, -0.25) is 58.0 Å². The minimum atomic E-state index is -1.64. The molecule has 79 heavy (non-hydrogen) atoms. The van der Waals surface area contributed by atoms with Gasteiger partial charge in [-0.2, -0.15) is 0 Å². The molecule has 26 nitrogen and oxygen atoms in total. The number of alkyl carbamates (subject to hydrolysis) is 1. The van der Waals surface area contributed by atoms with Crippen LogP contribution >= 0.6 is 23.2 Å². The first-order valence-corrected chi connectivity index (χ1v) is 25.5. The Balaban J connectivity index is 0.000000255. The molecule has 6 N–H and O–H groups in total. The number of hydrogen-bond donors (Lipinski definition) is 6. The number of carbonyl (C=O) groups is 13. The molecule has 7 amide bonds. The number of Topliss-reactive ketones (excluding diaryl/α,β-unsaturated/α-hetero) is 2. The number of carboxylic acid groups (broad SMARTS) is 2. The first kappa shape index (κ1) is 60.0. The fraction of sp³-hybridized carbons (Fsp3) is 0.431. The third-order valence-corrected chi connectivity index (χ3v) is 13.8. The number of esters is 2. The number of ketones is 2. The molecule has 3 aromatic rings. The Kier molecular flexibility index (Phi) is 20.8. The van der Waals surface area contributed by atoms with Gasteiger partial charge >= 0.3 is 30.0 Å². The third kappa shape index (κ3) is 15.1. The van der Waals surface area contributed by atoms with E-state index in [1.807, 2.05) is 24.3 Å². The molecule has 7 rings (SSSR count). The fourth-order valence-electron chi connectivity index (χ4n) is 9.16. The number of nitrogens with one attached hydrogen (secondary N) is 4. The van der Waals surface area contributed by atoms with E-state index in [0.29, 0.717) is 12.8 Å². The number of amides is 7. The van der Waals surface area contributed by atoms with E-state index < -0.39 is 133 Å². The Morgan fingerprint density at radius 2 is 1.11 bits per heavy atom. The highest BCUT2D eigenvalue weighted by Gasteiger charge is 2.47. The van der Waals surface area contributed by atoms with Crippen LogP contribution in [-0.4, -0.2) is 184 Å². The molecule has 0 unspecified atom stereocenters. The Morgan fingerprint density at radius 3 is 1.61 bits per heavy atom. The van der Waals surface area contributed by atoms with Gasteiger partial charge in [0.1, 0.15) is 30.2 Å². The van der Waals surface area contributed by atoms with Crippen LogP contribution in [0.5, 0.6) is 0 Å². The summed E-state index contributed by atoms with van der Waals surface area (Å²) in [6.45, 7) is -1.27. The fourth-order valence-corrected chi connectivity index (χ4v) is 9.71. The average Bonchev–Trinajstić information content (AvgIpc) is 3.74. The Labute approximate surface area is 460 Å². The summed E-state index contributed by atoms with van der Waals surface area (Å²) in [6, 6.07) is 9.17. The van der Waals surface area contributed by atoms with E-state index in [2.05, 4.69) is 26.0 Å². The second kappa shape index (κ2) is 27.4. The van der Waals surface area contributed by atoms with Crippen LogP contribution < -0.4 is 21.3 Å². The highest BCUT2D eigenvalue weighted by Crippen LogP contribution is 2.28. The highest BCUT2D eigenvalue weighted by atomic mass is 35.5. The largest absolute Gasteiger partial charge is 0.481 e. The normalized spacial score (nSPS) is 19.8. The molecule has 4 fully saturated rings. The van der Waals surface area contributed by atoms with Crippen molar-refractivity contribution in [3.63, 3.8) is 0 Å². The van der Waals surface area contributed by atoms with Crippen molar-refractivity contribution in [1.82, 2.24) is 41.3 Å². The summed E-state index contributed by atoms with van der Waals surface area (Å²) < 4.78 is 14.6. The van der Waals surface area contributed by atoms with Crippen LogP contribution in [0, 0.1) is 0 Å². The molecule has 422 valence electrons. The zero-order chi connectivity index (χ0) is 57.7. The number of carbonyl (C=O) groups excluding carboxylic acids is 11. The maximum absolute atomic E-state index is 13.3. The van der Waals surface area contributed by atoms with Crippen LogP contribution in [0.15, 0.2) is 60.7 Å².